The van der Waals surface area contributed by atoms with Gasteiger partial charge >= 0.3 is 0 Å². The summed E-state index contributed by atoms with van der Waals surface area (Å²) < 4.78 is 5.27. The Morgan fingerprint density at radius 3 is 2.96 bits per heavy atom. The van der Waals surface area contributed by atoms with E-state index in [-0.39, 0.29) is 5.91 Å². The van der Waals surface area contributed by atoms with E-state index >= 15 is 0 Å². The Hall–Kier alpha value is -2.40. The third-order valence-electron chi connectivity index (χ3n) is 4.85. The summed E-state index contributed by atoms with van der Waals surface area (Å²) in [6.07, 6.45) is 8.23. The fourth-order valence-corrected chi connectivity index (χ4v) is 4.34. The molecule has 1 aromatic carbocycles. The standard InChI is InChI=1S/C21H22N2O2S/c1-25-17-8-7-15-11-16-12-19(26-21(16)23-18(15)13-17)20(24)22-10-9-14-5-3-2-4-6-14/h5,7-8,11-13H,2-4,6,9-10H2,1H3,(H,22,24). The maximum absolute atomic E-state index is 12.5. The highest BCUT2D eigenvalue weighted by Crippen LogP contribution is 2.29. The van der Waals surface area contributed by atoms with Gasteiger partial charge in [-0.05, 0) is 56.4 Å². The summed E-state index contributed by atoms with van der Waals surface area (Å²) in [6.45, 7) is 0.700. The molecule has 0 bridgehead atoms. The number of methoxy groups -OCH3 is 1. The molecule has 0 atom stereocenters. The van der Waals surface area contributed by atoms with Crippen molar-refractivity contribution in [2.24, 2.45) is 0 Å². The van der Waals surface area contributed by atoms with Crippen LogP contribution in [0.15, 0.2) is 42.0 Å². The van der Waals surface area contributed by atoms with Crippen molar-refractivity contribution in [1.29, 1.82) is 0 Å². The van der Waals surface area contributed by atoms with Gasteiger partial charge in [-0.1, -0.05) is 11.6 Å². The molecule has 0 saturated carbocycles. The largest absolute Gasteiger partial charge is 0.497 e. The van der Waals surface area contributed by atoms with Crippen LogP contribution in [0.1, 0.15) is 41.8 Å². The predicted molar refractivity (Wildman–Crippen MR) is 107 cm³/mol. The van der Waals surface area contributed by atoms with Crippen LogP contribution in [-0.4, -0.2) is 24.5 Å². The van der Waals surface area contributed by atoms with Crippen molar-refractivity contribution in [1.82, 2.24) is 10.3 Å². The molecule has 1 aliphatic rings. The molecule has 4 rings (SSSR count). The maximum Gasteiger partial charge on any atom is 0.261 e. The van der Waals surface area contributed by atoms with Gasteiger partial charge in [0, 0.05) is 23.4 Å². The van der Waals surface area contributed by atoms with E-state index in [1.807, 2.05) is 24.3 Å². The molecule has 0 fully saturated rings. The zero-order valence-corrected chi connectivity index (χ0v) is 15.7. The van der Waals surface area contributed by atoms with E-state index in [4.69, 9.17) is 9.72 Å². The van der Waals surface area contributed by atoms with Gasteiger partial charge in [0.2, 0.25) is 0 Å². The molecule has 1 aliphatic carbocycles. The van der Waals surface area contributed by atoms with Gasteiger partial charge in [0.05, 0.1) is 17.5 Å². The number of rotatable bonds is 5. The number of nitrogens with one attached hydrogen (secondary N) is 1. The van der Waals surface area contributed by atoms with E-state index in [0.29, 0.717) is 11.4 Å². The Morgan fingerprint density at radius 1 is 1.23 bits per heavy atom. The van der Waals surface area contributed by atoms with Crippen LogP contribution in [0.4, 0.5) is 0 Å². The fraction of sp³-hybridized carbons (Fsp3) is 0.333. The predicted octanol–water partition coefficient (Wildman–Crippen LogP) is 5.08. The molecule has 0 spiro atoms. The zero-order chi connectivity index (χ0) is 17.9. The van der Waals surface area contributed by atoms with Crippen LogP contribution in [-0.2, 0) is 0 Å². The van der Waals surface area contributed by atoms with Gasteiger partial charge in [-0.15, -0.1) is 11.3 Å². The summed E-state index contributed by atoms with van der Waals surface area (Å²) in [5, 5.41) is 5.11. The zero-order valence-electron chi connectivity index (χ0n) is 14.9. The normalized spacial score (nSPS) is 14.4. The molecule has 0 radical (unpaired) electrons. The SMILES string of the molecule is COc1ccc2cc3cc(C(=O)NCCC4=CCCCC4)sc3nc2c1. The Balaban J connectivity index is 1.49. The molecule has 4 nitrogen and oxygen atoms in total. The number of carbonyl (C=O) groups is 1. The molecule has 0 aliphatic heterocycles. The molecule has 3 aromatic rings. The van der Waals surface area contributed by atoms with Crippen molar-refractivity contribution in [3.8, 4) is 5.75 Å². The molecule has 2 heterocycles. The van der Waals surface area contributed by atoms with Crippen LogP contribution in [0.3, 0.4) is 0 Å². The van der Waals surface area contributed by atoms with Crippen LogP contribution in [0, 0.1) is 0 Å². The molecule has 0 unspecified atom stereocenters. The van der Waals surface area contributed by atoms with Crippen molar-refractivity contribution in [2.75, 3.05) is 13.7 Å². The highest BCUT2D eigenvalue weighted by atomic mass is 32.1. The number of ether oxygens (including phenoxy) is 1. The summed E-state index contributed by atoms with van der Waals surface area (Å²) in [7, 11) is 1.65. The van der Waals surface area contributed by atoms with Gasteiger partial charge in [0.15, 0.2) is 0 Å². The number of pyridine rings is 1. The molecular formula is C21H22N2O2S. The van der Waals surface area contributed by atoms with Crippen molar-refractivity contribution < 1.29 is 9.53 Å². The Morgan fingerprint density at radius 2 is 2.15 bits per heavy atom. The lowest BCUT2D eigenvalue weighted by molar-refractivity contribution is 0.0958. The molecule has 1 N–H and O–H groups in total. The number of hydrogen-bond acceptors (Lipinski definition) is 4. The van der Waals surface area contributed by atoms with Crippen molar-refractivity contribution >= 4 is 38.4 Å². The summed E-state index contributed by atoms with van der Waals surface area (Å²) in [6, 6.07) is 9.86. The van der Waals surface area contributed by atoms with Gasteiger partial charge in [-0.2, -0.15) is 0 Å². The Kier molecular flexibility index (Phi) is 4.89. The third kappa shape index (κ3) is 3.58. The number of thiophene rings is 1. The highest BCUT2D eigenvalue weighted by Gasteiger charge is 2.12. The molecule has 1 amide bonds. The van der Waals surface area contributed by atoms with Crippen LogP contribution < -0.4 is 10.1 Å². The summed E-state index contributed by atoms with van der Waals surface area (Å²) >= 11 is 1.44. The van der Waals surface area contributed by atoms with Crippen LogP contribution in [0.2, 0.25) is 0 Å². The Bertz CT molecular complexity index is 990. The average molecular weight is 366 g/mol. The van der Waals surface area contributed by atoms with E-state index < -0.39 is 0 Å². The number of hydrogen-bond donors (Lipinski definition) is 1. The average Bonchev–Trinajstić information content (AvgIpc) is 3.09. The monoisotopic (exact) mass is 366 g/mol. The van der Waals surface area contributed by atoms with Gasteiger partial charge in [0.1, 0.15) is 10.6 Å². The lowest BCUT2D eigenvalue weighted by Gasteiger charge is -2.12. The number of benzene rings is 1. The minimum atomic E-state index is -0.00829. The second-order valence-electron chi connectivity index (χ2n) is 6.67. The van der Waals surface area contributed by atoms with Gasteiger partial charge in [-0.25, -0.2) is 4.98 Å². The minimum absolute atomic E-state index is 0.00829. The van der Waals surface area contributed by atoms with Crippen molar-refractivity contribution in [2.45, 2.75) is 32.1 Å². The molecule has 134 valence electrons. The summed E-state index contributed by atoms with van der Waals surface area (Å²) in [5.74, 6) is 0.780. The second-order valence-corrected chi connectivity index (χ2v) is 7.70. The molecule has 26 heavy (non-hydrogen) atoms. The first-order chi connectivity index (χ1) is 12.7. The van der Waals surface area contributed by atoms with Crippen LogP contribution >= 0.6 is 11.3 Å². The van der Waals surface area contributed by atoms with E-state index in [0.717, 1.165) is 33.3 Å². The molecule has 0 saturated heterocycles. The number of aromatic nitrogens is 1. The second kappa shape index (κ2) is 7.46. The van der Waals surface area contributed by atoms with Crippen LogP contribution in [0.25, 0.3) is 21.1 Å². The fourth-order valence-electron chi connectivity index (χ4n) is 3.40. The van der Waals surface area contributed by atoms with Crippen LogP contribution in [0.5, 0.6) is 5.75 Å². The lowest BCUT2D eigenvalue weighted by Crippen LogP contribution is -2.24. The van der Waals surface area contributed by atoms with E-state index in [1.54, 1.807) is 7.11 Å². The quantitative estimate of drug-likeness (QED) is 0.641. The third-order valence-corrected chi connectivity index (χ3v) is 5.89. The first-order valence-corrected chi connectivity index (χ1v) is 9.89. The highest BCUT2D eigenvalue weighted by molar-refractivity contribution is 7.20. The number of nitrogens with zero attached hydrogens (tertiary/aromatic N) is 1. The van der Waals surface area contributed by atoms with Gasteiger partial charge in [-0.3, -0.25) is 4.79 Å². The molecule has 2 aromatic heterocycles. The number of amides is 1. The van der Waals surface area contributed by atoms with Gasteiger partial charge in [0.25, 0.3) is 5.91 Å². The first-order valence-electron chi connectivity index (χ1n) is 9.07. The van der Waals surface area contributed by atoms with E-state index in [1.165, 1.54) is 42.6 Å². The molecular weight excluding hydrogens is 344 g/mol. The number of carbonyl (C=O) groups excluding carboxylic acids is 1. The summed E-state index contributed by atoms with van der Waals surface area (Å²) in [5.41, 5.74) is 2.37. The van der Waals surface area contributed by atoms with E-state index in [2.05, 4.69) is 17.5 Å². The molecule has 5 heteroatoms. The lowest BCUT2D eigenvalue weighted by atomic mass is 9.97. The first kappa shape index (κ1) is 17.0. The summed E-state index contributed by atoms with van der Waals surface area (Å²) in [4.78, 5) is 18.8. The van der Waals surface area contributed by atoms with Crippen molar-refractivity contribution in [3.05, 3.63) is 46.9 Å². The van der Waals surface area contributed by atoms with E-state index in [9.17, 15) is 4.79 Å². The Labute approximate surface area is 156 Å². The van der Waals surface area contributed by atoms with Gasteiger partial charge < -0.3 is 10.1 Å². The minimum Gasteiger partial charge on any atom is -0.497 e. The number of fused-ring (bicyclic) bond motifs is 2. The maximum atomic E-state index is 12.5. The number of allylic oxidation sites excluding steroid dienone is 1. The van der Waals surface area contributed by atoms with Crippen molar-refractivity contribution in [3.63, 3.8) is 0 Å². The smallest absolute Gasteiger partial charge is 0.261 e. The topological polar surface area (TPSA) is 51.2 Å².